The molecule has 0 aliphatic rings. The minimum atomic E-state index is -0.358. The third kappa shape index (κ3) is 3.21. The Hall–Kier alpha value is -3.64. The molecule has 0 radical (unpaired) electrons. The lowest BCUT2D eigenvalue weighted by Crippen LogP contribution is -2.21. The summed E-state index contributed by atoms with van der Waals surface area (Å²) < 4.78 is 1.17. The molecular weight excluding hydrogens is 376 g/mol. The predicted molar refractivity (Wildman–Crippen MR) is 112 cm³/mol. The molecule has 0 saturated heterocycles. The number of hydrogen-bond donors (Lipinski definition) is 2. The molecule has 7 heteroatoms. The van der Waals surface area contributed by atoms with E-state index in [2.05, 4.69) is 15.5 Å². The SMILES string of the molecule is O=c1c2ccccc2c(/C=N/Nc2ccccc2Cl)c(O)n1-c1ccccn1. The van der Waals surface area contributed by atoms with Crippen LogP contribution in [0.3, 0.4) is 0 Å². The molecule has 0 spiro atoms. The van der Waals surface area contributed by atoms with Crippen LogP contribution in [0.5, 0.6) is 5.88 Å². The van der Waals surface area contributed by atoms with Crippen LogP contribution in [0.25, 0.3) is 16.6 Å². The first-order chi connectivity index (χ1) is 13.7. The molecule has 4 aromatic rings. The van der Waals surface area contributed by atoms with E-state index in [4.69, 9.17) is 11.6 Å². The maximum atomic E-state index is 12.9. The fraction of sp³-hybridized carbons (Fsp3) is 0. The molecule has 0 aliphatic carbocycles. The minimum Gasteiger partial charge on any atom is -0.494 e. The van der Waals surface area contributed by atoms with Gasteiger partial charge < -0.3 is 5.11 Å². The summed E-state index contributed by atoms with van der Waals surface area (Å²) in [6.07, 6.45) is 3.02. The topological polar surface area (TPSA) is 79.5 Å². The van der Waals surface area contributed by atoms with E-state index in [0.29, 0.717) is 32.9 Å². The van der Waals surface area contributed by atoms with E-state index >= 15 is 0 Å². The summed E-state index contributed by atoms with van der Waals surface area (Å²) in [5.41, 5.74) is 3.51. The molecule has 2 heterocycles. The highest BCUT2D eigenvalue weighted by Gasteiger charge is 2.16. The van der Waals surface area contributed by atoms with Crippen LogP contribution in [0, 0.1) is 0 Å². The van der Waals surface area contributed by atoms with Crippen LogP contribution < -0.4 is 11.0 Å². The molecule has 0 unspecified atom stereocenters. The summed E-state index contributed by atoms with van der Waals surface area (Å²) >= 11 is 6.12. The number of nitrogens with one attached hydrogen (secondary N) is 1. The Balaban J connectivity index is 1.87. The highest BCUT2D eigenvalue weighted by molar-refractivity contribution is 6.33. The Kier molecular flexibility index (Phi) is 4.78. The Morgan fingerprint density at radius 2 is 1.71 bits per heavy atom. The van der Waals surface area contributed by atoms with E-state index in [1.807, 2.05) is 12.1 Å². The molecule has 2 N–H and O–H groups in total. The van der Waals surface area contributed by atoms with Crippen molar-refractivity contribution in [2.45, 2.75) is 0 Å². The highest BCUT2D eigenvalue weighted by Crippen LogP contribution is 2.25. The van der Waals surface area contributed by atoms with Gasteiger partial charge >= 0.3 is 0 Å². The molecule has 138 valence electrons. The second kappa shape index (κ2) is 7.54. The number of anilines is 1. The molecule has 2 aromatic carbocycles. The molecule has 6 nitrogen and oxygen atoms in total. The molecule has 0 atom stereocenters. The average Bonchev–Trinajstić information content (AvgIpc) is 2.73. The second-order valence-electron chi connectivity index (χ2n) is 5.96. The zero-order valence-electron chi connectivity index (χ0n) is 14.6. The zero-order valence-corrected chi connectivity index (χ0v) is 15.3. The number of hydrazone groups is 1. The summed E-state index contributed by atoms with van der Waals surface area (Å²) in [5, 5.41) is 16.6. The van der Waals surface area contributed by atoms with Gasteiger partial charge in [0, 0.05) is 17.0 Å². The van der Waals surface area contributed by atoms with Gasteiger partial charge in [0.1, 0.15) is 5.82 Å². The van der Waals surface area contributed by atoms with E-state index < -0.39 is 0 Å². The summed E-state index contributed by atoms with van der Waals surface area (Å²) in [5.74, 6) is 0.0802. The molecule has 4 rings (SSSR count). The molecule has 28 heavy (non-hydrogen) atoms. The highest BCUT2D eigenvalue weighted by atomic mass is 35.5. The van der Waals surface area contributed by atoms with Crippen molar-refractivity contribution in [1.29, 1.82) is 0 Å². The van der Waals surface area contributed by atoms with Gasteiger partial charge in [-0.3, -0.25) is 10.2 Å². The zero-order chi connectivity index (χ0) is 19.5. The van der Waals surface area contributed by atoms with Crippen LogP contribution in [0.2, 0.25) is 5.02 Å². The molecule has 0 fully saturated rings. The van der Waals surface area contributed by atoms with Gasteiger partial charge in [0.2, 0.25) is 5.88 Å². The number of hydrogen-bond acceptors (Lipinski definition) is 5. The van der Waals surface area contributed by atoms with Gasteiger partial charge in [0.25, 0.3) is 5.56 Å². The molecule has 0 bridgehead atoms. The maximum Gasteiger partial charge on any atom is 0.267 e. The van der Waals surface area contributed by atoms with Gasteiger partial charge in [-0.05, 0) is 30.3 Å². The van der Waals surface area contributed by atoms with Gasteiger partial charge in [0.15, 0.2) is 0 Å². The summed E-state index contributed by atoms with van der Waals surface area (Å²) in [7, 11) is 0. The number of pyridine rings is 2. The standard InChI is InChI=1S/C21H15ClN4O2/c22-17-9-3-4-10-18(17)25-24-13-16-14-7-1-2-8-15(14)20(27)26(21(16)28)19-11-5-6-12-23-19/h1-13,25,28H/b24-13+. The molecular formula is C21H15ClN4O2. The average molecular weight is 391 g/mol. The van der Waals surface area contributed by atoms with Crippen LogP contribution in [0.1, 0.15) is 5.56 Å². The van der Waals surface area contributed by atoms with Crippen molar-refractivity contribution < 1.29 is 5.11 Å². The fourth-order valence-corrected chi connectivity index (χ4v) is 3.08. The number of benzene rings is 2. The van der Waals surface area contributed by atoms with E-state index in [1.165, 1.54) is 10.8 Å². The van der Waals surface area contributed by atoms with Crippen LogP contribution in [0.4, 0.5) is 5.69 Å². The van der Waals surface area contributed by atoms with E-state index in [-0.39, 0.29) is 11.4 Å². The number of rotatable bonds is 4. The maximum absolute atomic E-state index is 12.9. The summed E-state index contributed by atoms with van der Waals surface area (Å²) in [6, 6.07) is 19.3. The van der Waals surface area contributed by atoms with E-state index in [0.717, 1.165) is 0 Å². The third-order valence-electron chi connectivity index (χ3n) is 4.23. The van der Waals surface area contributed by atoms with Crippen molar-refractivity contribution in [3.05, 3.63) is 93.9 Å². The minimum absolute atomic E-state index is 0.243. The van der Waals surface area contributed by atoms with Crippen LogP contribution >= 0.6 is 11.6 Å². The van der Waals surface area contributed by atoms with Gasteiger partial charge in [-0.1, -0.05) is 48.0 Å². The lowest BCUT2D eigenvalue weighted by atomic mass is 10.1. The third-order valence-corrected chi connectivity index (χ3v) is 4.56. The molecule has 2 aromatic heterocycles. The Bertz CT molecular complexity index is 1240. The lowest BCUT2D eigenvalue weighted by molar-refractivity contribution is 0.435. The number of fused-ring (bicyclic) bond motifs is 1. The molecule has 0 saturated carbocycles. The van der Waals surface area contributed by atoms with Gasteiger partial charge in [-0.25, -0.2) is 9.55 Å². The normalized spacial score (nSPS) is 11.2. The van der Waals surface area contributed by atoms with Crippen molar-refractivity contribution in [3.63, 3.8) is 0 Å². The fourth-order valence-electron chi connectivity index (χ4n) is 2.91. The van der Waals surface area contributed by atoms with Crippen molar-refractivity contribution in [3.8, 4) is 11.7 Å². The summed E-state index contributed by atoms with van der Waals surface area (Å²) in [6.45, 7) is 0. The van der Waals surface area contributed by atoms with Crippen molar-refractivity contribution in [1.82, 2.24) is 9.55 Å². The second-order valence-corrected chi connectivity index (χ2v) is 6.37. The first-order valence-corrected chi connectivity index (χ1v) is 8.86. The van der Waals surface area contributed by atoms with Crippen LogP contribution in [-0.2, 0) is 0 Å². The Labute approximate surface area is 165 Å². The van der Waals surface area contributed by atoms with E-state index in [9.17, 15) is 9.90 Å². The van der Waals surface area contributed by atoms with Crippen molar-refractivity contribution >= 4 is 34.3 Å². The number of aromatic nitrogens is 2. The Morgan fingerprint density at radius 3 is 2.46 bits per heavy atom. The largest absolute Gasteiger partial charge is 0.494 e. The monoisotopic (exact) mass is 390 g/mol. The number of aromatic hydroxyl groups is 1. The summed E-state index contributed by atoms with van der Waals surface area (Å²) in [4.78, 5) is 17.1. The van der Waals surface area contributed by atoms with Gasteiger partial charge in [-0.2, -0.15) is 5.10 Å². The first kappa shape index (κ1) is 17.8. The number of para-hydroxylation sites is 1. The quantitative estimate of drug-likeness (QED) is 0.404. The Morgan fingerprint density at radius 1 is 1.00 bits per heavy atom. The van der Waals surface area contributed by atoms with E-state index in [1.54, 1.807) is 60.8 Å². The first-order valence-electron chi connectivity index (χ1n) is 8.48. The lowest BCUT2D eigenvalue weighted by Gasteiger charge is -2.12. The van der Waals surface area contributed by atoms with Crippen LogP contribution in [-0.4, -0.2) is 20.9 Å². The predicted octanol–water partition coefficient (Wildman–Crippen LogP) is 4.19. The smallest absolute Gasteiger partial charge is 0.267 e. The number of nitrogens with zero attached hydrogens (tertiary/aromatic N) is 3. The van der Waals surface area contributed by atoms with Crippen LogP contribution in [0.15, 0.2) is 82.8 Å². The van der Waals surface area contributed by atoms with Crippen molar-refractivity contribution in [2.24, 2.45) is 5.10 Å². The van der Waals surface area contributed by atoms with Crippen molar-refractivity contribution in [2.75, 3.05) is 5.43 Å². The molecule has 0 amide bonds. The van der Waals surface area contributed by atoms with Gasteiger partial charge in [-0.15, -0.1) is 0 Å². The number of halogens is 1. The van der Waals surface area contributed by atoms with Gasteiger partial charge in [0.05, 0.1) is 22.5 Å². The molecule has 0 aliphatic heterocycles.